The number of anilines is 2. The minimum absolute atomic E-state index is 0.349. The van der Waals surface area contributed by atoms with E-state index in [2.05, 4.69) is 20.6 Å². The topological polar surface area (TPSA) is 79.3 Å². The Hall–Kier alpha value is -1.44. The lowest BCUT2D eigenvalue weighted by Crippen LogP contribution is -2.19. The van der Waals surface area contributed by atoms with E-state index >= 15 is 0 Å². The van der Waals surface area contributed by atoms with Crippen LogP contribution < -0.4 is 10.6 Å². The summed E-state index contributed by atoms with van der Waals surface area (Å²) in [6.45, 7) is 3.78. The van der Waals surface area contributed by atoms with E-state index in [9.17, 15) is 5.11 Å². The Kier molecular flexibility index (Phi) is 5.51. The second-order valence-electron chi connectivity index (χ2n) is 4.39. The summed E-state index contributed by atoms with van der Waals surface area (Å²) < 4.78 is 4.90. The molecule has 1 unspecified atom stereocenters. The third-order valence-corrected chi connectivity index (χ3v) is 3.60. The number of aliphatic hydroxyl groups excluding tert-OH is 1. The summed E-state index contributed by atoms with van der Waals surface area (Å²) in [5.41, 5.74) is 0. The number of hydrogen-bond donors (Lipinski definition) is 3. The molecule has 6 nitrogen and oxygen atoms in total. The molecule has 2 rings (SSSR count). The zero-order valence-corrected chi connectivity index (χ0v) is 12.5. The van der Waals surface area contributed by atoms with Gasteiger partial charge < -0.3 is 20.5 Å². The number of hydrogen-bond acceptors (Lipinski definition) is 7. The first kappa shape index (κ1) is 15.0. The van der Waals surface area contributed by atoms with Gasteiger partial charge in [0.25, 0.3) is 0 Å². The van der Waals surface area contributed by atoms with Gasteiger partial charge in [0.05, 0.1) is 18.1 Å². The molecule has 0 saturated heterocycles. The predicted octanol–water partition coefficient (Wildman–Crippen LogP) is 1.93. The van der Waals surface area contributed by atoms with Gasteiger partial charge in [-0.3, -0.25) is 0 Å². The van der Waals surface area contributed by atoms with Crippen LogP contribution in [0.25, 0.3) is 10.2 Å². The highest BCUT2D eigenvalue weighted by atomic mass is 32.1. The molecule has 110 valence electrons. The van der Waals surface area contributed by atoms with E-state index in [0.717, 1.165) is 22.6 Å². The van der Waals surface area contributed by atoms with E-state index in [1.165, 1.54) is 0 Å². The zero-order valence-electron chi connectivity index (χ0n) is 11.7. The van der Waals surface area contributed by atoms with Crippen LogP contribution in [-0.4, -0.2) is 48.0 Å². The van der Waals surface area contributed by atoms with Crippen molar-refractivity contribution in [2.75, 3.05) is 37.4 Å². The fraction of sp³-hybridized carbons (Fsp3) is 0.538. The van der Waals surface area contributed by atoms with Crippen molar-refractivity contribution in [2.24, 2.45) is 0 Å². The fourth-order valence-electron chi connectivity index (χ4n) is 1.86. The third kappa shape index (κ3) is 3.78. The summed E-state index contributed by atoms with van der Waals surface area (Å²) >= 11 is 1.59. The molecule has 2 aromatic heterocycles. The molecule has 0 aromatic carbocycles. The molecule has 0 aliphatic heterocycles. The highest BCUT2D eigenvalue weighted by Gasteiger charge is 2.09. The van der Waals surface area contributed by atoms with Crippen LogP contribution in [0.1, 0.15) is 13.3 Å². The minimum Gasteiger partial charge on any atom is -0.391 e. The quantitative estimate of drug-likeness (QED) is 0.691. The van der Waals surface area contributed by atoms with Gasteiger partial charge in [-0.15, -0.1) is 11.3 Å². The van der Waals surface area contributed by atoms with Crippen LogP contribution in [0.5, 0.6) is 0 Å². The highest BCUT2D eigenvalue weighted by molar-refractivity contribution is 7.16. The Morgan fingerprint density at radius 3 is 3.00 bits per heavy atom. The number of aromatic nitrogens is 2. The SMILES string of the molecule is CCNc1nc(NCCC(O)COC)c2ccsc2n1. The number of thiophene rings is 1. The predicted molar refractivity (Wildman–Crippen MR) is 82.6 cm³/mol. The summed E-state index contributed by atoms with van der Waals surface area (Å²) in [7, 11) is 1.58. The molecule has 3 N–H and O–H groups in total. The van der Waals surface area contributed by atoms with Gasteiger partial charge in [0.1, 0.15) is 10.6 Å². The van der Waals surface area contributed by atoms with Gasteiger partial charge in [-0.05, 0) is 24.8 Å². The molecule has 2 aromatic rings. The van der Waals surface area contributed by atoms with Crippen LogP contribution >= 0.6 is 11.3 Å². The smallest absolute Gasteiger partial charge is 0.226 e. The van der Waals surface area contributed by atoms with Gasteiger partial charge in [0, 0.05) is 20.2 Å². The zero-order chi connectivity index (χ0) is 14.4. The van der Waals surface area contributed by atoms with Gasteiger partial charge in [-0.1, -0.05) is 0 Å². The van der Waals surface area contributed by atoms with Crippen molar-refractivity contribution >= 4 is 33.3 Å². The van der Waals surface area contributed by atoms with Gasteiger partial charge in [-0.2, -0.15) is 4.98 Å². The first-order chi connectivity index (χ1) is 9.74. The molecule has 0 bridgehead atoms. The summed E-state index contributed by atoms with van der Waals surface area (Å²) in [6, 6.07) is 2.00. The summed E-state index contributed by atoms with van der Waals surface area (Å²) in [5.74, 6) is 1.43. The molecule has 0 fully saturated rings. The summed E-state index contributed by atoms with van der Waals surface area (Å²) in [6.07, 6.45) is 0.153. The third-order valence-electron chi connectivity index (χ3n) is 2.79. The van der Waals surface area contributed by atoms with Crippen molar-refractivity contribution in [3.8, 4) is 0 Å². The van der Waals surface area contributed by atoms with E-state index in [-0.39, 0.29) is 0 Å². The highest BCUT2D eigenvalue weighted by Crippen LogP contribution is 2.26. The lowest BCUT2D eigenvalue weighted by atomic mass is 10.2. The van der Waals surface area contributed by atoms with Crippen molar-refractivity contribution in [3.63, 3.8) is 0 Å². The van der Waals surface area contributed by atoms with Gasteiger partial charge in [0.15, 0.2) is 0 Å². The van der Waals surface area contributed by atoms with Gasteiger partial charge >= 0.3 is 0 Å². The largest absolute Gasteiger partial charge is 0.391 e. The normalized spacial score (nSPS) is 12.6. The van der Waals surface area contributed by atoms with Crippen LogP contribution in [0, 0.1) is 0 Å². The molecule has 0 saturated carbocycles. The lowest BCUT2D eigenvalue weighted by Gasteiger charge is -2.12. The molecular weight excluding hydrogens is 276 g/mol. The standard InChI is InChI=1S/C13H20N4O2S/c1-3-14-13-16-11(10-5-7-20-12(10)17-13)15-6-4-9(18)8-19-2/h5,7,9,18H,3-4,6,8H2,1-2H3,(H2,14,15,16,17). The number of aliphatic hydroxyl groups is 1. The maximum absolute atomic E-state index is 9.63. The lowest BCUT2D eigenvalue weighted by molar-refractivity contribution is 0.0615. The first-order valence-electron chi connectivity index (χ1n) is 6.64. The van der Waals surface area contributed by atoms with Crippen LogP contribution in [0.2, 0.25) is 0 Å². The molecule has 0 aliphatic carbocycles. The van der Waals surface area contributed by atoms with Crippen LogP contribution in [0.3, 0.4) is 0 Å². The monoisotopic (exact) mass is 296 g/mol. The number of methoxy groups -OCH3 is 1. The average Bonchev–Trinajstić information content (AvgIpc) is 2.88. The Bertz CT molecular complexity index is 546. The molecule has 2 heterocycles. The van der Waals surface area contributed by atoms with Crippen molar-refractivity contribution in [1.29, 1.82) is 0 Å². The van der Waals surface area contributed by atoms with Crippen molar-refractivity contribution in [1.82, 2.24) is 9.97 Å². The van der Waals surface area contributed by atoms with Crippen LogP contribution in [0.4, 0.5) is 11.8 Å². The Balaban J connectivity index is 2.05. The molecule has 0 spiro atoms. The van der Waals surface area contributed by atoms with E-state index in [1.54, 1.807) is 18.4 Å². The first-order valence-corrected chi connectivity index (χ1v) is 7.52. The molecule has 7 heteroatoms. The number of fused-ring (bicyclic) bond motifs is 1. The second-order valence-corrected chi connectivity index (χ2v) is 5.28. The van der Waals surface area contributed by atoms with Crippen molar-refractivity contribution in [2.45, 2.75) is 19.4 Å². The second kappa shape index (κ2) is 7.37. The summed E-state index contributed by atoms with van der Waals surface area (Å²) in [4.78, 5) is 9.87. The Morgan fingerprint density at radius 1 is 1.40 bits per heavy atom. The maximum atomic E-state index is 9.63. The number of ether oxygens (including phenoxy) is 1. The molecule has 0 aliphatic rings. The number of nitrogens with zero attached hydrogens (tertiary/aromatic N) is 2. The average molecular weight is 296 g/mol. The molecule has 0 radical (unpaired) electrons. The molecule has 1 atom stereocenters. The maximum Gasteiger partial charge on any atom is 0.226 e. The van der Waals surface area contributed by atoms with Crippen LogP contribution in [-0.2, 0) is 4.74 Å². The van der Waals surface area contributed by atoms with E-state index in [1.807, 2.05) is 18.4 Å². The Labute approximate surface area is 122 Å². The van der Waals surface area contributed by atoms with E-state index in [4.69, 9.17) is 4.74 Å². The molecular formula is C13H20N4O2S. The van der Waals surface area contributed by atoms with Crippen LogP contribution in [0.15, 0.2) is 11.4 Å². The molecule has 20 heavy (non-hydrogen) atoms. The molecule has 0 amide bonds. The minimum atomic E-state index is -0.458. The van der Waals surface area contributed by atoms with E-state index in [0.29, 0.717) is 25.5 Å². The number of rotatable bonds is 8. The van der Waals surface area contributed by atoms with Crippen molar-refractivity contribution < 1.29 is 9.84 Å². The van der Waals surface area contributed by atoms with E-state index < -0.39 is 6.10 Å². The summed E-state index contributed by atoms with van der Waals surface area (Å²) in [5, 5.41) is 19.0. The van der Waals surface area contributed by atoms with Gasteiger partial charge in [0.2, 0.25) is 5.95 Å². The fourth-order valence-corrected chi connectivity index (χ4v) is 2.62. The number of nitrogens with one attached hydrogen (secondary N) is 2. The van der Waals surface area contributed by atoms with Crippen molar-refractivity contribution in [3.05, 3.63) is 11.4 Å². The van der Waals surface area contributed by atoms with Gasteiger partial charge in [-0.25, -0.2) is 4.98 Å². The Morgan fingerprint density at radius 2 is 2.25 bits per heavy atom.